The Morgan fingerprint density at radius 1 is 1.15 bits per heavy atom. The molecule has 2 aromatic rings. The van der Waals surface area contributed by atoms with Crippen molar-refractivity contribution < 1.29 is 14.7 Å². The van der Waals surface area contributed by atoms with Crippen molar-refractivity contribution in [3.05, 3.63) is 47.9 Å². The van der Waals surface area contributed by atoms with Gasteiger partial charge >= 0.3 is 5.97 Å². The Balaban J connectivity index is 2.38. The van der Waals surface area contributed by atoms with Crippen LogP contribution in [0, 0.1) is 0 Å². The number of hydrogen-bond donors (Lipinski definition) is 2. The molecule has 0 atom stereocenters. The smallest absolute Gasteiger partial charge is 0.335 e. The first-order valence-corrected chi connectivity index (χ1v) is 5.68. The molecule has 0 aliphatic rings. The lowest BCUT2D eigenvalue weighted by Gasteiger charge is -2.19. The maximum Gasteiger partial charge on any atom is 0.335 e. The molecule has 0 saturated carbocycles. The molecule has 0 radical (unpaired) electrons. The van der Waals surface area contributed by atoms with E-state index in [0.29, 0.717) is 11.5 Å². The lowest BCUT2D eigenvalue weighted by atomic mass is 10.2. The Bertz CT molecular complexity index is 655. The summed E-state index contributed by atoms with van der Waals surface area (Å²) in [5, 5.41) is 8.85. The van der Waals surface area contributed by atoms with Gasteiger partial charge in [-0.05, 0) is 24.3 Å². The summed E-state index contributed by atoms with van der Waals surface area (Å²) in [6.07, 6.45) is 2.83. The summed E-state index contributed by atoms with van der Waals surface area (Å²) >= 11 is 0. The highest BCUT2D eigenvalue weighted by atomic mass is 16.4. The molecule has 2 rings (SSSR count). The number of carboxylic acid groups (broad SMARTS) is 1. The average molecular weight is 272 g/mol. The van der Waals surface area contributed by atoms with Crippen molar-refractivity contribution in [2.45, 2.75) is 0 Å². The number of primary amides is 1. The van der Waals surface area contributed by atoms with E-state index < -0.39 is 11.9 Å². The summed E-state index contributed by atoms with van der Waals surface area (Å²) in [5.74, 6) is -1.37. The summed E-state index contributed by atoms with van der Waals surface area (Å²) in [6, 6.07) is 6.16. The van der Waals surface area contributed by atoms with Crippen molar-refractivity contribution in [3.8, 4) is 0 Å². The third-order valence-corrected chi connectivity index (χ3v) is 2.73. The molecule has 7 heteroatoms. The molecule has 0 bridgehead atoms. The highest BCUT2D eigenvalue weighted by Crippen LogP contribution is 2.23. The van der Waals surface area contributed by atoms with Crippen molar-refractivity contribution in [2.75, 3.05) is 11.9 Å². The normalized spacial score (nSPS) is 10.1. The molecule has 1 heterocycles. The van der Waals surface area contributed by atoms with Crippen molar-refractivity contribution in [2.24, 2.45) is 5.73 Å². The van der Waals surface area contributed by atoms with Gasteiger partial charge in [-0.2, -0.15) is 0 Å². The minimum Gasteiger partial charge on any atom is -0.478 e. The average Bonchev–Trinajstić information content (AvgIpc) is 2.46. The first kappa shape index (κ1) is 13.5. The zero-order valence-electron chi connectivity index (χ0n) is 10.6. The molecule has 0 aliphatic carbocycles. The predicted octanol–water partition coefficient (Wildman–Crippen LogP) is 1.04. The van der Waals surface area contributed by atoms with Gasteiger partial charge in [-0.1, -0.05) is 0 Å². The second kappa shape index (κ2) is 5.35. The van der Waals surface area contributed by atoms with E-state index in [1.807, 2.05) is 0 Å². The van der Waals surface area contributed by atoms with Crippen molar-refractivity contribution in [1.29, 1.82) is 0 Å². The molecule has 102 valence electrons. The van der Waals surface area contributed by atoms with Crippen LogP contribution in [0.1, 0.15) is 20.8 Å². The van der Waals surface area contributed by atoms with Gasteiger partial charge in [0.25, 0.3) is 5.91 Å². The topological polar surface area (TPSA) is 109 Å². The molecule has 0 fully saturated rings. The number of nitrogens with zero attached hydrogens (tertiary/aromatic N) is 3. The fourth-order valence-electron chi connectivity index (χ4n) is 1.70. The molecule has 0 aliphatic heterocycles. The van der Waals surface area contributed by atoms with Crippen molar-refractivity contribution in [3.63, 3.8) is 0 Å². The number of carboxylic acids is 1. The van der Waals surface area contributed by atoms with Crippen LogP contribution in [0.15, 0.2) is 36.7 Å². The van der Waals surface area contributed by atoms with E-state index in [9.17, 15) is 9.59 Å². The summed E-state index contributed by atoms with van der Waals surface area (Å²) in [4.78, 5) is 31.7. The van der Waals surface area contributed by atoms with Crippen LogP contribution in [0.25, 0.3) is 0 Å². The van der Waals surface area contributed by atoms with Gasteiger partial charge in [-0.25, -0.2) is 14.8 Å². The number of hydrogen-bond acceptors (Lipinski definition) is 5. The van der Waals surface area contributed by atoms with E-state index in [4.69, 9.17) is 10.8 Å². The Morgan fingerprint density at radius 3 is 2.30 bits per heavy atom. The molecular formula is C13H12N4O3. The van der Waals surface area contributed by atoms with Gasteiger partial charge in [0, 0.05) is 25.1 Å². The van der Waals surface area contributed by atoms with Gasteiger partial charge in [0.2, 0.25) is 0 Å². The Morgan fingerprint density at radius 2 is 1.75 bits per heavy atom. The van der Waals surface area contributed by atoms with E-state index in [-0.39, 0.29) is 11.3 Å². The summed E-state index contributed by atoms with van der Waals surface area (Å²) in [5.41, 5.74) is 6.14. The van der Waals surface area contributed by atoms with Crippen LogP contribution in [0.5, 0.6) is 0 Å². The Kier molecular flexibility index (Phi) is 3.60. The van der Waals surface area contributed by atoms with Crippen LogP contribution in [-0.2, 0) is 0 Å². The van der Waals surface area contributed by atoms with Gasteiger partial charge in [0.05, 0.1) is 5.56 Å². The molecular weight excluding hydrogens is 260 g/mol. The molecule has 20 heavy (non-hydrogen) atoms. The second-order valence-corrected chi connectivity index (χ2v) is 4.00. The third-order valence-electron chi connectivity index (χ3n) is 2.73. The number of carbonyl (C=O) groups is 2. The molecule has 0 spiro atoms. The highest BCUT2D eigenvalue weighted by molar-refractivity contribution is 5.96. The molecule has 1 aromatic heterocycles. The van der Waals surface area contributed by atoms with Crippen LogP contribution in [0.4, 0.5) is 11.5 Å². The minimum atomic E-state index is -1.00. The minimum absolute atomic E-state index is 0.0531. The van der Waals surface area contributed by atoms with Crippen LogP contribution in [0.2, 0.25) is 0 Å². The van der Waals surface area contributed by atoms with Gasteiger partial charge < -0.3 is 15.7 Å². The summed E-state index contributed by atoms with van der Waals surface area (Å²) in [6.45, 7) is 0. The first-order chi connectivity index (χ1) is 9.50. The lowest BCUT2D eigenvalue weighted by molar-refractivity contribution is 0.0696. The number of carbonyl (C=O) groups excluding carboxylic acids is 1. The molecule has 0 unspecified atom stereocenters. The number of benzene rings is 1. The van der Waals surface area contributed by atoms with E-state index >= 15 is 0 Å². The zero-order chi connectivity index (χ0) is 14.7. The van der Waals surface area contributed by atoms with Crippen LogP contribution >= 0.6 is 0 Å². The Hall–Kier alpha value is -2.96. The molecule has 1 aromatic carbocycles. The first-order valence-electron chi connectivity index (χ1n) is 5.68. The number of amides is 1. The zero-order valence-corrected chi connectivity index (χ0v) is 10.6. The summed E-state index contributed by atoms with van der Waals surface area (Å²) in [7, 11) is 1.69. The maximum absolute atomic E-state index is 11.3. The van der Waals surface area contributed by atoms with Crippen LogP contribution < -0.4 is 10.6 Å². The number of nitrogens with two attached hydrogens (primary N) is 1. The van der Waals surface area contributed by atoms with Gasteiger partial charge in [-0.3, -0.25) is 4.79 Å². The lowest BCUT2D eigenvalue weighted by Crippen LogP contribution is -2.21. The quantitative estimate of drug-likeness (QED) is 0.860. The SMILES string of the molecule is CN(c1ccc(C(=O)O)cc1)c1nccnc1C(N)=O. The number of aromatic carboxylic acids is 1. The van der Waals surface area contributed by atoms with Crippen molar-refractivity contribution >= 4 is 23.4 Å². The monoisotopic (exact) mass is 272 g/mol. The third kappa shape index (κ3) is 2.56. The molecule has 1 amide bonds. The molecule has 7 nitrogen and oxygen atoms in total. The van der Waals surface area contributed by atoms with Gasteiger partial charge in [-0.15, -0.1) is 0 Å². The fraction of sp³-hybridized carbons (Fsp3) is 0.0769. The van der Waals surface area contributed by atoms with E-state index in [2.05, 4.69) is 9.97 Å². The number of rotatable bonds is 4. The van der Waals surface area contributed by atoms with E-state index in [0.717, 1.165) is 0 Å². The number of aromatic nitrogens is 2. The van der Waals surface area contributed by atoms with E-state index in [1.165, 1.54) is 24.5 Å². The van der Waals surface area contributed by atoms with Crippen LogP contribution in [-0.4, -0.2) is 34.0 Å². The maximum atomic E-state index is 11.3. The predicted molar refractivity (Wildman–Crippen MR) is 72.0 cm³/mol. The molecule has 0 saturated heterocycles. The number of anilines is 2. The Labute approximate surface area is 114 Å². The van der Waals surface area contributed by atoms with Gasteiger partial charge in [0.15, 0.2) is 11.5 Å². The van der Waals surface area contributed by atoms with Gasteiger partial charge in [0.1, 0.15) is 0 Å². The fourth-order valence-corrected chi connectivity index (χ4v) is 1.70. The summed E-state index contributed by atoms with van der Waals surface area (Å²) < 4.78 is 0. The molecule has 3 N–H and O–H groups in total. The van der Waals surface area contributed by atoms with Crippen LogP contribution in [0.3, 0.4) is 0 Å². The van der Waals surface area contributed by atoms with E-state index in [1.54, 1.807) is 24.1 Å². The standard InChI is InChI=1S/C13H12N4O3/c1-17(9-4-2-8(3-5-9)13(19)20)12-10(11(14)18)15-6-7-16-12/h2-7H,1H3,(H2,14,18)(H,19,20). The van der Waals surface area contributed by atoms with Crippen molar-refractivity contribution in [1.82, 2.24) is 9.97 Å². The second-order valence-electron chi connectivity index (χ2n) is 4.00. The largest absolute Gasteiger partial charge is 0.478 e. The highest BCUT2D eigenvalue weighted by Gasteiger charge is 2.16.